The Labute approximate surface area is 160 Å². The van der Waals surface area contributed by atoms with Crippen molar-refractivity contribution >= 4 is 21.8 Å². The number of methoxy groups -OCH3 is 2. The quantitative estimate of drug-likeness (QED) is 0.738. The molecular weight excluding hydrogens is 402 g/mol. The van der Waals surface area contributed by atoms with Gasteiger partial charge < -0.3 is 19.1 Å². The number of rotatable bonds is 5. The van der Waals surface area contributed by atoms with Crippen LogP contribution in [0.15, 0.2) is 35.1 Å². The van der Waals surface area contributed by atoms with Gasteiger partial charge in [0.15, 0.2) is 0 Å². The third kappa shape index (κ3) is 4.07. The van der Waals surface area contributed by atoms with Gasteiger partial charge in [0.1, 0.15) is 11.9 Å². The minimum absolute atomic E-state index is 0.0600. The zero-order chi connectivity index (χ0) is 18.5. The summed E-state index contributed by atoms with van der Waals surface area (Å²) in [4.78, 5) is 23.0. The molecule has 1 aliphatic rings. The van der Waals surface area contributed by atoms with Crippen LogP contribution >= 0.6 is 15.9 Å². The van der Waals surface area contributed by atoms with Gasteiger partial charge in [-0.05, 0) is 47.0 Å². The number of benzene rings is 1. The Morgan fingerprint density at radius 2 is 1.96 bits per heavy atom. The molecule has 1 aromatic heterocycles. The fraction of sp³-hybridized carbons (Fsp3) is 0.389. The van der Waals surface area contributed by atoms with Gasteiger partial charge in [-0.15, -0.1) is 0 Å². The van der Waals surface area contributed by atoms with Crippen LogP contribution in [-0.2, 0) is 0 Å². The predicted octanol–water partition coefficient (Wildman–Crippen LogP) is 2.94. The van der Waals surface area contributed by atoms with E-state index in [-0.39, 0.29) is 12.0 Å². The first-order chi connectivity index (χ1) is 12.6. The second kappa shape index (κ2) is 8.35. The standard InChI is InChI=1S/C18H20BrN3O4/c1-24-12-5-6-15(19)14(10-12)18(23)22-9-3-4-13(11-22)26-17-16(25-2)20-7-8-21-17/h5-8,10,13H,3-4,9,11H2,1-2H3. The zero-order valence-corrected chi connectivity index (χ0v) is 16.2. The van der Waals surface area contributed by atoms with Crippen molar-refractivity contribution in [3.05, 3.63) is 40.6 Å². The number of carbonyl (C=O) groups is 1. The van der Waals surface area contributed by atoms with Crippen LogP contribution in [0, 0.1) is 0 Å². The van der Waals surface area contributed by atoms with Crippen molar-refractivity contribution in [2.24, 2.45) is 0 Å². The van der Waals surface area contributed by atoms with E-state index in [1.54, 1.807) is 30.5 Å². The third-order valence-electron chi connectivity index (χ3n) is 4.17. The maximum atomic E-state index is 12.9. The average molecular weight is 422 g/mol. The Balaban J connectivity index is 1.73. The minimum Gasteiger partial charge on any atom is -0.497 e. The summed E-state index contributed by atoms with van der Waals surface area (Å²) in [7, 11) is 3.10. The first-order valence-corrected chi connectivity index (χ1v) is 9.06. The lowest BCUT2D eigenvalue weighted by molar-refractivity contribution is 0.0518. The first-order valence-electron chi connectivity index (χ1n) is 8.27. The Kier molecular flexibility index (Phi) is 5.92. The van der Waals surface area contributed by atoms with Gasteiger partial charge in [0, 0.05) is 23.4 Å². The molecule has 1 saturated heterocycles. The van der Waals surface area contributed by atoms with Crippen molar-refractivity contribution in [2.75, 3.05) is 27.3 Å². The summed E-state index contributed by atoms with van der Waals surface area (Å²) in [5.41, 5.74) is 0.571. The van der Waals surface area contributed by atoms with Crippen LogP contribution in [0.5, 0.6) is 17.5 Å². The number of aromatic nitrogens is 2. The number of ether oxygens (including phenoxy) is 3. The lowest BCUT2D eigenvalue weighted by Gasteiger charge is -2.33. The third-order valence-corrected chi connectivity index (χ3v) is 4.87. The van der Waals surface area contributed by atoms with Crippen LogP contribution in [0.25, 0.3) is 0 Å². The molecular formula is C18H20BrN3O4. The first kappa shape index (κ1) is 18.4. The van der Waals surface area contributed by atoms with E-state index in [9.17, 15) is 4.79 Å². The number of halogens is 1. The molecule has 0 saturated carbocycles. The molecule has 138 valence electrons. The Bertz CT molecular complexity index is 787. The largest absolute Gasteiger partial charge is 0.497 e. The normalized spacial score (nSPS) is 16.9. The minimum atomic E-state index is -0.164. The van der Waals surface area contributed by atoms with Crippen molar-refractivity contribution in [2.45, 2.75) is 18.9 Å². The Morgan fingerprint density at radius 1 is 1.19 bits per heavy atom. The molecule has 1 amide bonds. The van der Waals surface area contributed by atoms with Crippen LogP contribution in [-0.4, -0.2) is 54.2 Å². The van der Waals surface area contributed by atoms with Crippen molar-refractivity contribution in [1.29, 1.82) is 0 Å². The maximum absolute atomic E-state index is 12.9. The van der Waals surface area contributed by atoms with Crippen LogP contribution in [0.3, 0.4) is 0 Å². The molecule has 8 heteroatoms. The van der Waals surface area contributed by atoms with Gasteiger partial charge in [0.05, 0.1) is 26.3 Å². The zero-order valence-electron chi connectivity index (χ0n) is 14.6. The number of likely N-dealkylation sites (tertiary alicyclic amines) is 1. The second-order valence-electron chi connectivity index (χ2n) is 5.85. The highest BCUT2D eigenvalue weighted by Crippen LogP contribution is 2.27. The number of piperidine rings is 1. The van der Waals surface area contributed by atoms with Gasteiger partial charge >= 0.3 is 0 Å². The fourth-order valence-corrected chi connectivity index (χ4v) is 3.29. The number of hydrogen-bond donors (Lipinski definition) is 0. The number of carbonyl (C=O) groups excluding carboxylic acids is 1. The summed E-state index contributed by atoms with van der Waals surface area (Å²) >= 11 is 3.45. The lowest BCUT2D eigenvalue weighted by atomic mass is 10.1. The summed E-state index contributed by atoms with van der Waals surface area (Å²) in [6.07, 6.45) is 4.62. The molecule has 0 N–H and O–H groups in total. The summed E-state index contributed by atoms with van der Waals surface area (Å²) in [5, 5.41) is 0. The van der Waals surface area contributed by atoms with E-state index in [0.717, 1.165) is 17.3 Å². The monoisotopic (exact) mass is 421 g/mol. The predicted molar refractivity (Wildman–Crippen MR) is 98.8 cm³/mol. The Hall–Kier alpha value is -2.35. The smallest absolute Gasteiger partial charge is 0.278 e. The molecule has 2 aromatic rings. The average Bonchev–Trinajstić information content (AvgIpc) is 2.68. The molecule has 1 unspecified atom stereocenters. The summed E-state index contributed by atoms with van der Waals surface area (Å²) in [6, 6.07) is 5.36. The Morgan fingerprint density at radius 3 is 2.69 bits per heavy atom. The summed E-state index contributed by atoms with van der Waals surface area (Å²) in [6.45, 7) is 1.15. The van der Waals surface area contributed by atoms with E-state index in [0.29, 0.717) is 36.2 Å². The molecule has 0 spiro atoms. The van der Waals surface area contributed by atoms with Crippen LogP contribution < -0.4 is 14.2 Å². The molecule has 0 bridgehead atoms. The molecule has 2 heterocycles. The van der Waals surface area contributed by atoms with E-state index in [2.05, 4.69) is 25.9 Å². The van der Waals surface area contributed by atoms with Gasteiger partial charge in [-0.3, -0.25) is 4.79 Å². The van der Waals surface area contributed by atoms with E-state index in [1.807, 2.05) is 12.1 Å². The van der Waals surface area contributed by atoms with E-state index in [4.69, 9.17) is 14.2 Å². The van der Waals surface area contributed by atoms with Gasteiger partial charge in [0.25, 0.3) is 17.7 Å². The highest BCUT2D eigenvalue weighted by molar-refractivity contribution is 9.10. The molecule has 0 radical (unpaired) electrons. The van der Waals surface area contributed by atoms with Gasteiger partial charge in [0.2, 0.25) is 0 Å². The van der Waals surface area contributed by atoms with Gasteiger partial charge in [-0.2, -0.15) is 0 Å². The van der Waals surface area contributed by atoms with Gasteiger partial charge in [-0.1, -0.05) is 0 Å². The highest BCUT2D eigenvalue weighted by Gasteiger charge is 2.28. The number of amides is 1. The topological polar surface area (TPSA) is 73.8 Å². The molecule has 1 atom stereocenters. The van der Waals surface area contributed by atoms with E-state index < -0.39 is 0 Å². The number of nitrogens with zero attached hydrogens (tertiary/aromatic N) is 3. The molecule has 1 aromatic carbocycles. The molecule has 1 aliphatic heterocycles. The molecule has 3 rings (SSSR count). The fourth-order valence-electron chi connectivity index (χ4n) is 2.88. The van der Waals surface area contributed by atoms with Crippen molar-refractivity contribution in [1.82, 2.24) is 14.9 Å². The molecule has 1 fully saturated rings. The second-order valence-corrected chi connectivity index (χ2v) is 6.70. The van der Waals surface area contributed by atoms with E-state index in [1.165, 1.54) is 7.11 Å². The molecule has 7 nitrogen and oxygen atoms in total. The maximum Gasteiger partial charge on any atom is 0.278 e. The summed E-state index contributed by atoms with van der Waals surface area (Å²) < 4.78 is 17.1. The highest BCUT2D eigenvalue weighted by atomic mass is 79.9. The van der Waals surface area contributed by atoms with E-state index >= 15 is 0 Å². The SMILES string of the molecule is COc1ccc(Br)c(C(=O)N2CCCC(Oc3nccnc3OC)C2)c1. The van der Waals surface area contributed by atoms with Gasteiger partial charge in [-0.25, -0.2) is 9.97 Å². The van der Waals surface area contributed by atoms with Crippen LogP contribution in [0.4, 0.5) is 0 Å². The van der Waals surface area contributed by atoms with Crippen molar-refractivity contribution in [3.63, 3.8) is 0 Å². The van der Waals surface area contributed by atoms with Crippen LogP contribution in [0.2, 0.25) is 0 Å². The van der Waals surface area contributed by atoms with Crippen LogP contribution in [0.1, 0.15) is 23.2 Å². The molecule has 26 heavy (non-hydrogen) atoms. The molecule has 0 aliphatic carbocycles. The summed E-state index contributed by atoms with van der Waals surface area (Å²) in [5.74, 6) is 1.27. The lowest BCUT2D eigenvalue weighted by Crippen LogP contribution is -2.44. The number of hydrogen-bond acceptors (Lipinski definition) is 6. The van der Waals surface area contributed by atoms with Crippen molar-refractivity contribution < 1.29 is 19.0 Å². The van der Waals surface area contributed by atoms with Crippen molar-refractivity contribution in [3.8, 4) is 17.5 Å².